The molecular formula is C19H19N3O. The number of oxazole rings is 1. The summed E-state index contributed by atoms with van der Waals surface area (Å²) in [6.45, 7) is 2.17. The zero-order valence-corrected chi connectivity index (χ0v) is 13.0. The number of nitrogens with one attached hydrogen (secondary N) is 2. The molecule has 116 valence electrons. The van der Waals surface area contributed by atoms with Crippen molar-refractivity contribution in [1.82, 2.24) is 4.98 Å². The van der Waals surface area contributed by atoms with Gasteiger partial charge >= 0.3 is 0 Å². The first-order valence-corrected chi connectivity index (χ1v) is 7.72. The molecule has 0 bridgehead atoms. The molecule has 2 aromatic carbocycles. The monoisotopic (exact) mass is 305 g/mol. The van der Waals surface area contributed by atoms with Crippen molar-refractivity contribution in [3.8, 4) is 0 Å². The minimum absolute atomic E-state index is 0.441. The number of aryl methyl sites for hydroxylation is 1. The van der Waals surface area contributed by atoms with E-state index in [1.165, 1.54) is 11.8 Å². The van der Waals surface area contributed by atoms with Gasteiger partial charge in [0, 0.05) is 18.1 Å². The fraction of sp³-hybridized carbons (Fsp3) is 0.158. The van der Waals surface area contributed by atoms with E-state index in [0.717, 1.165) is 29.6 Å². The predicted molar refractivity (Wildman–Crippen MR) is 94.8 cm³/mol. The van der Waals surface area contributed by atoms with Gasteiger partial charge in [-0.05, 0) is 36.2 Å². The number of aromatic nitrogens is 1. The highest BCUT2D eigenvalue weighted by Gasteiger charge is 2.08. The number of anilines is 1. The van der Waals surface area contributed by atoms with Gasteiger partial charge in [0.25, 0.3) is 0 Å². The second kappa shape index (κ2) is 6.92. The molecule has 0 saturated heterocycles. The molecule has 0 spiro atoms. The maximum atomic E-state index is 7.59. The number of hydrogen-bond donors (Lipinski definition) is 2. The van der Waals surface area contributed by atoms with Crippen molar-refractivity contribution in [3.05, 3.63) is 66.2 Å². The van der Waals surface area contributed by atoms with Gasteiger partial charge < -0.3 is 15.1 Å². The summed E-state index contributed by atoms with van der Waals surface area (Å²) in [6.07, 6.45) is 5.21. The Hall–Kier alpha value is -2.88. The molecule has 0 amide bonds. The van der Waals surface area contributed by atoms with Crippen LogP contribution in [-0.4, -0.2) is 11.2 Å². The number of allylic oxidation sites excluding steroid dienone is 1. The third-order valence-corrected chi connectivity index (χ3v) is 3.58. The van der Waals surface area contributed by atoms with Crippen molar-refractivity contribution in [2.24, 2.45) is 0 Å². The van der Waals surface area contributed by atoms with Crippen LogP contribution in [0.1, 0.15) is 24.8 Å². The van der Waals surface area contributed by atoms with Gasteiger partial charge in [0.15, 0.2) is 5.58 Å². The van der Waals surface area contributed by atoms with Crippen LogP contribution < -0.4 is 5.32 Å². The first-order chi connectivity index (χ1) is 11.3. The van der Waals surface area contributed by atoms with Crippen molar-refractivity contribution >= 4 is 28.6 Å². The minimum Gasteiger partial charge on any atom is -0.436 e. The molecule has 0 atom stereocenters. The Kier molecular flexibility index (Phi) is 4.52. The number of para-hydroxylation sites is 2. The summed E-state index contributed by atoms with van der Waals surface area (Å²) in [4.78, 5) is 4.41. The second-order valence-electron chi connectivity index (χ2n) is 5.32. The molecule has 0 radical (unpaired) electrons. The van der Waals surface area contributed by atoms with Crippen molar-refractivity contribution in [1.29, 1.82) is 5.41 Å². The Balaban J connectivity index is 1.79. The summed E-state index contributed by atoms with van der Waals surface area (Å²) < 4.78 is 5.69. The molecule has 0 aliphatic rings. The Morgan fingerprint density at radius 1 is 1.17 bits per heavy atom. The molecule has 0 saturated carbocycles. The lowest BCUT2D eigenvalue weighted by Gasteiger charge is -2.04. The van der Waals surface area contributed by atoms with Gasteiger partial charge in [-0.2, -0.15) is 0 Å². The lowest BCUT2D eigenvalue weighted by molar-refractivity contribution is 0.587. The highest BCUT2D eigenvalue weighted by Crippen LogP contribution is 2.20. The van der Waals surface area contributed by atoms with E-state index in [4.69, 9.17) is 9.83 Å². The second-order valence-corrected chi connectivity index (χ2v) is 5.32. The third kappa shape index (κ3) is 3.48. The van der Waals surface area contributed by atoms with E-state index in [2.05, 4.69) is 29.4 Å². The molecule has 4 heteroatoms. The molecule has 4 nitrogen and oxygen atoms in total. The molecule has 0 aliphatic carbocycles. The Morgan fingerprint density at radius 2 is 1.96 bits per heavy atom. The van der Waals surface area contributed by atoms with Gasteiger partial charge in [-0.15, -0.1) is 0 Å². The maximum Gasteiger partial charge on any atom is 0.230 e. The highest BCUT2D eigenvalue weighted by molar-refractivity contribution is 6.07. The summed E-state index contributed by atoms with van der Waals surface area (Å²) in [6, 6.07) is 15.9. The average Bonchev–Trinajstić information content (AvgIpc) is 3.01. The van der Waals surface area contributed by atoms with Gasteiger partial charge in [0.2, 0.25) is 5.89 Å². The zero-order valence-electron chi connectivity index (χ0n) is 13.0. The number of hydrogen-bond acceptors (Lipinski definition) is 4. The first-order valence-electron chi connectivity index (χ1n) is 7.72. The summed E-state index contributed by atoms with van der Waals surface area (Å²) in [7, 11) is 0. The van der Waals surface area contributed by atoms with E-state index in [-0.39, 0.29) is 0 Å². The number of rotatable bonds is 6. The van der Waals surface area contributed by atoms with Crippen molar-refractivity contribution in [2.75, 3.05) is 5.32 Å². The molecular weight excluding hydrogens is 286 g/mol. The molecule has 23 heavy (non-hydrogen) atoms. The fourth-order valence-corrected chi connectivity index (χ4v) is 2.38. The van der Waals surface area contributed by atoms with Crippen LogP contribution in [0.25, 0.3) is 16.7 Å². The minimum atomic E-state index is 0.441. The number of nitrogens with zero attached hydrogens (tertiary/aromatic N) is 1. The molecule has 3 aromatic rings. The van der Waals surface area contributed by atoms with E-state index >= 15 is 0 Å². The normalized spacial score (nSPS) is 11.6. The predicted octanol–water partition coefficient (Wildman–Crippen LogP) is 4.88. The molecule has 1 heterocycles. The zero-order chi connectivity index (χ0) is 16.1. The van der Waals surface area contributed by atoms with Crippen molar-refractivity contribution in [3.63, 3.8) is 0 Å². The highest BCUT2D eigenvalue weighted by atomic mass is 16.3. The molecule has 2 N–H and O–H groups in total. The van der Waals surface area contributed by atoms with Crippen molar-refractivity contribution in [2.45, 2.75) is 19.8 Å². The average molecular weight is 305 g/mol. The number of benzene rings is 2. The Morgan fingerprint density at radius 3 is 2.65 bits per heavy atom. The van der Waals surface area contributed by atoms with E-state index in [9.17, 15) is 0 Å². The van der Waals surface area contributed by atoms with Crippen LogP contribution in [0, 0.1) is 5.41 Å². The van der Waals surface area contributed by atoms with Gasteiger partial charge in [-0.3, -0.25) is 0 Å². The summed E-state index contributed by atoms with van der Waals surface area (Å²) in [5, 5.41) is 10.8. The van der Waals surface area contributed by atoms with Crippen LogP contribution in [0.15, 0.2) is 59.1 Å². The maximum absolute atomic E-state index is 7.59. The Labute approximate surface area is 135 Å². The van der Waals surface area contributed by atoms with Gasteiger partial charge in [-0.1, -0.05) is 37.6 Å². The summed E-state index contributed by atoms with van der Waals surface area (Å²) >= 11 is 0. The van der Waals surface area contributed by atoms with E-state index < -0.39 is 0 Å². The van der Waals surface area contributed by atoms with E-state index in [0.29, 0.717) is 11.5 Å². The lowest BCUT2D eigenvalue weighted by Crippen LogP contribution is -1.94. The third-order valence-electron chi connectivity index (χ3n) is 3.58. The quantitative estimate of drug-likeness (QED) is 0.638. The standard InChI is InChI=1S/C19H19N3O/c1-2-5-14-8-10-16(11-9-14)21-13-15(12-20)19-22-17-6-3-4-7-18(17)23-19/h3-4,6-13,20-21H,2,5H2,1H3/b15-13+,20-12?. The molecule has 1 aromatic heterocycles. The van der Waals surface area contributed by atoms with Gasteiger partial charge in [0.05, 0.1) is 5.57 Å². The Bertz CT molecular complexity index is 798. The van der Waals surface area contributed by atoms with Gasteiger partial charge in [0.1, 0.15) is 5.52 Å². The van der Waals surface area contributed by atoms with Crippen LogP contribution >= 0.6 is 0 Å². The van der Waals surface area contributed by atoms with Crippen molar-refractivity contribution < 1.29 is 4.42 Å². The van der Waals surface area contributed by atoms with E-state index in [1.54, 1.807) is 6.20 Å². The smallest absolute Gasteiger partial charge is 0.230 e. The molecule has 0 fully saturated rings. The van der Waals surface area contributed by atoms with Gasteiger partial charge in [-0.25, -0.2) is 4.98 Å². The van der Waals surface area contributed by atoms with Crippen LogP contribution in [0.3, 0.4) is 0 Å². The van der Waals surface area contributed by atoms with Crippen LogP contribution in [0.4, 0.5) is 5.69 Å². The summed E-state index contributed by atoms with van der Waals surface area (Å²) in [5.74, 6) is 0.441. The van der Waals surface area contributed by atoms with Crippen LogP contribution in [-0.2, 0) is 6.42 Å². The topological polar surface area (TPSA) is 61.9 Å². The summed E-state index contributed by atoms with van der Waals surface area (Å²) in [5.41, 5.74) is 4.41. The largest absolute Gasteiger partial charge is 0.436 e. The van der Waals surface area contributed by atoms with Crippen LogP contribution in [0.5, 0.6) is 0 Å². The SMILES string of the molecule is CCCc1ccc(N/C=C(\C=N)c2nc3ccccc3o2)cc1. The molecule has 0 unspecified atom stereocenters. The van der Waals surface area contributed by atoms with Crippen LogP contribution in [0.2, 0.25) is 0 Å². The lowest BCUT2D eigenvalue weighted by atomic mass is 10.1. The molecule has 0 aliphatic heterocycles. The number of fused-ring (bicyclic) bond motifs is 1. The van der Waals surface area contributed by atoms with E-state index in [1.807, 2.05) is 36.4 Å². The first kappa shape index (κ1) is 15.0. The fourth-order valence-electron chi connectivity index (χ4n) is 2.38. The molecule has 3 rings (SSSR count).